The van der Waals surface area contributed by atoms with Crippen LogP contribution in [0.25, 0.3) is 0 Å². The first kappa shape index (κ1) is 14.9. The molecule has 1 aromatic heterocycles. The zero-order valence-corrected chi connectivity index (χ0v) is 11.0. The molecule has 0 aliphatic rings. The molecule has 1 heterocycles. The van der Waals surface area contributed by atoms with Crippen LogP contribution in [0.2, 0.25) is 0 Å². The molecule has 4 N–H and O–H groups in total. The van der Waals surface area contributed by atoms with Crippen molar-refractivity contribution in [1.29, 1.82) is 0 Å². The number of anilines is 1. The van der Waals surface area contributed by atoms with Gasteiger partial charge in [0.15, 0.2) is 5.82 Å². The number of sulfonamides is 1. The van der Waals surface area contributed by atoms with Crippen molar-refractivity contribution in [2.24, 2.45) is 0 Å². The van der Waals surface area contributed by atoms with Crippen LogP contribution in [0, 0.1) is 0 Å². The maximum atomic E-state index is 11.9. The lowest BCUT2D eigenvalue weighted by Crippen LogP contribution is -2.28. The molecule has 0 radical (unpaired) electrons. The van der Waals surface area contributed by atoms with Gasteiger partial charge in [-0.05, 0) is 6.92 Å². The first-order valence-electron chi connectivity index (χ1n) is 5.52. The van der Waals surface area contributed by atoms with Crippen LogP contribution >= 0.6 is 0 Å². The lowest BCUT2D eigenvalue weighted by atomic mass is 10.6. The SMILES string of the molecule is CCn1cc(S(=O)(=O)NCCOCCO)c(N)n1. The molecular weight excluding hydrogens is 260 g/mol. The lowest BCUT2D eigenvalue weighted by Gasteiger charge is -2.05. The average molecular weight is 278 g/mol. The van der Waals surface area contributed by atoms with Crippen LogP contribution in [0.1, 0.15) is 6.92 Å². The Morgan fingerprint density at radius 2 is 2.28 bits per heavy atom. The molecule has 0 amide bonds. The van der Waals surface area contributed by atoms with Gasteiger partial charge < -0.3 is 15.6 Å². The van der Waals surface area contributed by atoms with E-state index in [4.69, 9.17) is 15.6 Å². The number of hydrogen-bond donors (Lipinski definition) is 3. The number of aromatic nitrogens is 2. The highest BCUT2D eigenvalue weighted by molar-refractivity contribution is 7.89. The minimum absolute atomic E-state index is 0.0272. The molecule has 0 aliphatic heterocycles. The van der Waals surface area contributed by atoms with Crippen LogP contribution in [-0.2, 0) is 21.3 Å². The summed E-state index contributed by atoms with van der Waals surface area (Å²) in [5, 5.41) is 12.3. The molecule has 0 atom stereocenters. The van der Waals surface area contributed by atoms with Crippen LogP contribution in [0.3, 0.4) is 0 Å². The minimum atomic E-state index is -3.67. The second kappa shape index (κ2) is 6.69. The van der Waals surface area contributed by atoms with Gasteiger partial charge in [-0.15, -0.1) is 0 Å². The monoisotopic (exact) mass is 278 g/mol. The predicted molar refractivity (Wildman–Crippen MR) is 65.4 cm³/mol. The first-order valence-corrected chi connectivity index (χ1v) is 7.00. The quantitative estimate of drug-likeness (QED) is 0.512. The topological polar surface area (TPSA) is 119 Å². The highest BCUT2D eigenvalue weighted by Gasteiger charge is 2.20. The Morgan fingerprint density at radius 1 is 1.56 bits per heavy atom. The molecule has 0 aromatic carbocycles. The van der Waals surface area contributed by atoms with Crippen molar-refractivity contribution < 1.29 is 18.3 Å². The fourth-order valence-electron chi connectivity index (χ4n) is 1.28. The van der Waals surface area contributed by atoms with Crippen molar-refractivity contribution in [1.82, 2.24) is 14.5 Å². The van der Waals surface area contributed by atoms with E-state index in [0.29, 0.717) is 6.54 Å². The van der Waals surface area contributed by atoms with Gasteiger partial charge in [-0.1, -0.05) is 0 Å². The maximum Gasteiger partial charge on any atom is 0.245 e. The summed E-state index contributed by atoms with van der Waals surface area (Å²) in [6, 6.07) is 0. The Bertz CT molecular complexity index is 471. The molecule has 0 aliphatic carbocycles. The van der Waals surface area contributed by atoms with E-state index in [1.165, 1.54) is 10.9 Å². The van der Waals surface area contributed by atoms with Gasteiger partial charge in [0, 0.05) is 19.3 Å². The minimum Gasteiger partial charge on any atom is -0.394 e. The van der Waals surface area contributed by atoms with Crippen molar-refractivity contribution in [2.45, 2.75) is 18.4 Å². The molecule has 1 rings (SSSR count). The second-order valence-corrected chi connectivity index (χ2v) is 5.20. The Labute approximate surface area is 106 Å². The van der Waals surface area contributed by atoms with Gasteiger partial charge in [0.25, 0.3) is 0 Å². The van der Waals surface area contributed by atoms with Crippen LogP contribution in [0.5, 0.6) is 0 Å². The zero-order valence-electron chi connectivity index (χ0n) is 10.2. The molecule has 9 heteroatoms. The molecule has 104 valence electrons. The summed E-state index contributed by atoms with van der Waals surface area (Å²) in [6.45, 7) is 2.75. The number of ether oxygens (including phenoxy) is 1. The van der Waals surface area contributed by atoms with E-state index in [-0.39, 0.29) is 37.1 Å². The molecule has 0 spiro atoms. The van der Waals surface area contributed by atoms with Crippen LogP contribution < -0.4 is 10.5 Å². The summed E-state index contributed by atoms with van der Waals surface area (Å²) in [4.78, 5) is -0.0356. The Kier molecular flexibility index (Phi) is 5.54. The fraction of sp³-hybridized carbons (Fsp3) is 0.667. The third kappa shape index (κ3) is 3.95. The molecule has 0 fully saturated rings. The van der Waals surface area contributed by atoms with Gasteiger partial charge in [0.2, 0.25) is 10.0 Å². The number of nitrogens with one attached hydrogen (secondary N) is 1. The van der Waals surface area contributed by atoms with Crippen LogP contribution in [-0.4, -0.2) is 49.7 Å². The van der Waals surface area contributed by atoms with Crippen molar-refractivity contribution in [3.63, 3.8) is 0 Å². The van der Waals surface area contributed by atoms with Crippen molar-refractivity contribution in [3.8, 4) is 0 Å². The smallest absolute Gasteiger partial charge is 0.245 e. The van der Waals surface area contributed by atoms with Crippen LogP contribution in [0.15, 0.2) is 11.1 Å². The van der Waals surface area contributed by atoms with Crippen molar-refractivity contribution >= 4 is 15.8 Å². The predicted octanol–water partition coefficient (Wildman–Crippen LogP) is -1.23. The zero-order chi connectivity index (χ0) is 13.6. The first-order chi connectivity index (χ1) is 8.51. The Balaban J connectivity index is 2.60. The largest absolute Gasteiger partial charge is 0.394 e. The van der Waals surface area contributed by atoms with E-state index in [9.17, 15) is 8.42 Å². The fourth-order valence-corrected chi connectivity index (χ4v) is 2.36. The molecule has 0 saturated carbocycles. The normalized spacial score (nSPS) is 11.9. The van der Waals surface area contributed by atoms with Gasteiger partial charge >= 0.3 is 0 Å². The van der Waals surface area contributed by atoms with E-state index in [2.05, 4.69) is 9.82 Å². The lowest BCUT2D eigenvalue weighted by molar-refractivity contribution is 0.0961. The summed E-state index contributed by atoms with van der Waals surface area (Å²) in [5.74, 6) is -0.0272. The van der Waals surface area contributed by atoms with E-state index >= 15 is 0 Å². The van der Waals surface area contributed by atoms with Gasteiger partial charge in [-0.25, -0.2) is 13.1 Å². The van der Waals surface area contributed by atoms with Gasteiger partial charge in [-0.2, -0.15) is 5.10 Å². The molecule has 18 heavy (non-hydrogen) atoms. The average Bonchev–Trinajstić information content (AvgIpc) is 2.71. The standard InChI is InChI=1S/C9H18N4O4S/c1-2-13-7-8(9(10)12-13)18(15,16)11-3-5-17-6-4-14/h7,11,14H,2-6H2,1H3,(H2,10,12). The summed E-state index contributed by atoms with van der Waals surface area (Å²) < 4.78 is 32.5. The van der Waals surface area contributed by atoms with Gasteiger partial charge in [0.05, 0.1) is 19.8 Å². The summed E-state index contributed by atoms with van der Waals surface area (Å²) >= 11 is 0. The molecule has 0 bridgehead atoms. The molecule has 0 unspecified atom stereocenters. The highest BCUT2D eigenvalue weighted by Crippen LogP contribution is 2.15. The number of aryl methyl sites for hydroxylation is 1. The third-order valence-corrected chi connectivity index (χ3v) is 3.62. The van der Waals surface area contributed by atoms with Crippen molar-refractivity contribution in [3.05, 3.63) is 6.20 Å². The summed E-state index contributed by atoms with van der Waals surface area (Å²) in [5.41, 5.74) is 5.54. The molecule has 8 nitrogen and oxygen atoms in total. The van der Waals surface area contributed by atoms with E-state index in [0.717, 1.165) is 0 Å². The Hall–Kier alpha value is -1.16. The number of nitrogens with zero attached hydrogens (tertiary/aromatic N) is 2. The second-order valence-electron chi connectivity index (χ2n) is 3.47. The van der Waals surface area contributed by atoms with E-state index in [1.807, 2.05) is 6.92 Å². The number of nitrogen functional groups attached to an aromatic ring is 1. The number of aliphatic hydroxyl groups is 1. The summed E-state index contributed by atoms with van der Waals surface area (Å²) in [7, 11) is -3.67. The summed E-state index contributed by atoms with van der Waals surface area (Å²) in [6.07, 6.45) is 1.38. The number of rotatable bonds is 8. The van der Waals surface area contributed by atoms with E-state index in [1.54, 1.807) is 0 Å². The number of aliphatic hydroxyl groups excluding tert-OH is 1. The van der Waals surface area contributed by atoms with Gasteiger partial charge in [0.1, 0.15) is 4.90 Å². The highest BCUT2D eigenvalue weighted by atomic mass is 32.2. The Morgan fingerprint density at radius 3 is 2.83 bits per heavy atom. The maximum absolute atomic E-state index is 11.9. The molecular formula is C9H18N4O4S. The third-order valence-electron chi connectivity index (χ3n) is 2.14. The number of nitrogens with two attached hydrogens (primary N) is 1. The van der Waals surface area contributed by atoms with Crippen molar-refractivity contribution in [2.75, 3.05) is 32.1 Å². The number of hydrogen-bond acceptors (Lipinski definition) is 6. The van der Waals surface area contributed by atoms with E-state index < -0.39 is 10.0 Å². The van der Waals surface area contributed by atoms with Gasteiger partial charge in [-0.3, -0.25) is 4.68 Å². The van der Waals surface area contributed by atoms with Crippen LogP contribution in [0.4, 0.5) is 5.82 Å². The molecule has 1 aromatic rings. The molecule has 0 saturated heterocycles.